The van der Waals surface area contributed by atoms with E-state index < -0.39 is 6.10 Å². The number of unbranched alkanes of at least 4 members (excludes halogenated alkanes) is 20. The molecule has 0 aromatic heterocycles. The third kappa shape index (κ3) is 47.8. The molecule has 0 aliphatic heterocycles. The van der Waals surface area contributed by atoms with Gasteiger partial charge in [-0.05, 0) is 83.5 Å². The second kappa shape index (κ2) is 50.4. The van der Waals surface area contributed by atoms with Crippen molar-refractivity contribution in [1.29, 1.82) is 0 Å². The molecule has 1 atom stereocenters. The zero-order chi connectivity index (χ0) is 43.5. The molecule has 60 heavy (non-hydrogen) atoms. The summed E-state index contributed by atoms with van der Waals surface area (Å²) in [5.74, 6) is -0.503. The van der Waals surface area contributed by atoms with Gasteiger partial charge in [0.15, 0.2) is 6.10 Å². The fraction of sp³-hybridized carbons (Fsp3) is 0.709. The van der Waals surface area contributed by atoms with E-state index in [1.807, 2.05) is 6.08 Å². The summed E-state index contributed by atoms with van der Waals surface area (Å²) in [5.41, 5.74) is 0. The molecule has 0 aliphatic carbocycles. The highest BCUT2D eigenvalue weighted by Crippen LogP contribution is 2.13. The normalized spacial score (nSPS) is 12.9. The number of rotatable bonds is 45. The minimum Gasteiger partial charge on any atom is -0.462 e. The van der Waals surface area contributed by atoms with Crippen LogP contribution in [0.3, 0.4) is 0 Å². The standard InChI is InChI=1S/C55H94O5/c1-4-7-10-13-16-19-22-24-26-27-28-29-31-32-34-36-39-42-45-48-54(56)59-52-53(51-58-50-47-44-41-38-21-18-15-12-9-6-3)60-55(57)49-46-43-40-37-35-33-30-25-23-20-17-14-11-8-5-2/h7,10,16,19,24-26,28-30,32,34,39,42,53H,4-6,8-9,11-15,17-18,20-23,27,31,33,35-38,40-41,43-52H2,1-3H3/b10-7-,19-16-,26-24-,29-28-,30-25-,34-32-,42-39-. The van der Waals surface area contributed by atoms with Crippen LogP contribution in [0.15, 0.2) is 85.1 Å². The first-order valence-corrected chi connectivity index (χ1v) is 25.1. The van der Waals surface area contributed by atoms with Crippen LogP contribution < -0.4 is 0 Å². The van der Waals surface area contributed by atoms with Gasteiger partial charge in [-0.1, -0.05) is 215 Å². The number of esters is 2. The van der Waals surface area contributed by atoms with E-state index in [4.69, 9.17) is 14.2 Å². The zero-order valence-electron chi connectivity index (χ0n) is 39.5. The predicted molar refractivity (Wildman–Crippen MR) is 260 cm³/mol. The first-order chi connectivity index (χ1) is 29.6. The minimum absolute atomic E-state index is 0.0404. The van der Waals surface area contributed by atoms with Crippen LogP contribution in [-0.4, -0.2) is 37.9 Å². The van der Waals surface area contributed by atoms with Crippen molar-refractivity contribution in [3.63, 3.8) is 0 Å². The van der Waals surface area contributed by atoms with Crippen LogP contribution in [0.1, 0.15) is 226 Å². The van der Waals surface area contributed by atoms with E-state index in [1.165, 1.54) is 109 Å². The molecule has 0 aromatic rings. The minimum atomic E-state index is -0.571. The lowest BCUT2D eigenvalue weighted by Crippen LogP contribution is -2.30. The molecule has 0 saturated heterocycles. The van der Waals surface area contributed by atoms with Crippen LogP contribution in [-0.2, 0) is 23.8 Å². The van der Waals surface area contributed by atoms with E-state index >= 15 is 0 Å². The van der Waals surface area contributed by atoms with Crippen molar-refractivity contribution in [3.05, 3.63) is 85.1 Å². The number of hydrogen-bond acceptors (Lipinski definition) is 5. The zero-order valence-corrected chi connectivity index (χ0v) is 39.5. The van der Waals surface area contributed by atoms with Crippen molar-refractivity contribution in [1.82, 2.24) is 0 Å². The van der Waals surface area contributed by atoms with Gasteiger partial charge in [0, 0.05) is 19.4 Å². The fourth-order valence-electron chi connectivity index (χ4n) is 6.71. The van der Waals surface area contributed by atoms with Crippen LogP contribution in [0.25, 0.3) is 0 Å². The molecule has 344 valence electrons. The molecule has 0 fully saturated rings. The molecule has 0 spiro atoms. The Kier molecular flexibility index (Phi) is 48.0. The van der Waals surface area contributed by atoms with Crippen LogP contribution >= 0.6 is 0 Å². The summed E-state index contributed by atoms with van der Waals surface area (Å²) in [4.78, 5) is 25.3. The largest absolute Gasteiger partial charge is 0.462 e. The number of hydrogen-bond donors (Lipinski definition) is 0. The molecule has 5 nitrogen and oxygen atoms in total. The molecule has 0 aliphatic rings. The van der Waals surface area contributed by atoms with Gasteiger partial charge in [-0.15, -0.1) is 0 Å². The quantitative estimate of drug-likeness (QED) is 0.0347. The highest BCUT2D eigenvalue weighted by Gasteiger charge is 2.17. The summed E-state index contributed by atoms with van der Waals surface area (Å²) in [7, 11) is 0. The Hall–Kier alpha value is -2.92. The molecule has 0 aromatic carbocycles. The van der Waals surface area contributed by atoms with E-state index in [-0.39, 0.29) is 25.2 Å². The fourth-order valence-corrected chi connectivity index (χ4v) is 6.71. The van der Waals surface area contributed by atoms with E-state index in [0.717, 1.165) is 77.0 Å². The first kappa shape index (κ1) is 57.1. The molecular formula is C55H94O5. The predicted octanol–water partition coefficient (Wildman–Crippen LogP) is 16.9. The summed E-state index contributed by atoms with van der Waals surface area (Å²) in [6.45, 7) is 7.62. The lowest BCUT2D eigenvalue weighted by Gasteiger charge is -2.18. The average molecular weight is 835 g/mol. The lowest BCUT2D eigenvalue weighted by molar-refractivity contribution is -0.162. The van der Waals surface area contributed by atoms with Crippen molar-refractivity contribution in [2.75, 3.05) is 19.8 Å². The van der Waals surface area contributed by atoms with Crippen LogP contribution in [0, 0.1) is 0 Å². The van der Waals surface area contributed by atoms with Crippen molar-refractivity contribution >= 4 is 11.9 Å². The van der Waals surface area contributed by atoms with Crippen molar-refractivity contribution in [3.8, 4) is 0 Å². The summed E-state index contributed by atoms with van der Waals surface area (Å²) in [6, 6.07) is 0. The maximum Gasteiger partial charge on any atom is 0.306 e. The molecule has 0 N–H and O–H groups in total. The Morgan fingerprint density at radius 1 is 0.383 bits per heavy atom. The lowest BCUT2D eigenvalue weighted by atomic mass is 10.1. The molecule has 0 saturated carbocycles. The Balaban J connectivity index is 4.36. The van der Waals surface area contributed by atoms with Gasteiger partial charge in [0.1, 0.15) is 6.61 Å². The van der Waals surface area contributed by atoms with Gasteiger partial charge < -0.3 is 14.2 Å². The molecule has 0 heterocycles. The topological polar surface area (TPSA) is 61.8 Å². The smallest absolute Gasteiger partial charge is 0.306 e. The second-order valence-corrected chi connectivity index (χ2v) is 16.3. The summed E-state index contributed by atoms with van der Waals surface area (Å²) >= 11 is 0. The maximum absolute atomic E-state index is 12.8. The first-order valence-electron chi connectivity index (χ1n) is 25.1. The highest BCUT2D eigenvalue weighted by molar-refractivity contribution is 5.70. The summed E-state index contributed by atoms with van der Waals surface area (Å²) < 4.78 is 17.3. The molecule has 1 unspecified atom stereocenters. The number of allylic oxidation sites excluding steroid dienone is 14. The summed E-state index contributed by atoms with van der Waals surface area (Å²) in [6.07, 6.45) is 66.0. The van der Waals surface area contributed by atoms with E-state index in [2.05, 4.69) is 99.8 Å². The van der Waals surface area contributed by atoms with Gasteiger partial charge in [0.2, 0.25) is 0 Å². The molecule has 0 amide bonds. The van der Waals surface area contributed by atoms with E-state index in [1.54, 1.807) is 0 Å². The van der Waals surface area contributed by atoms with Gasteiger partial charge in [-0.3, -0.25) is 9.59 Å². The molecule has 0 rings (SSSR count). The molecule has 0 bridgehead atoms. The van der Waals surface area contributed by atoms with Gasteiger partial charge in [-0.25, -0.2) is 0 Å². The molecule has 0 radical (unpaired) electrons. The monoisotopic (exact) mass is 835 g/mol. The van der Waals surface area contributed by atoms with E-state index in [0.29, 0.717) is 25.9 Å². The SMILES string of the molecule is CC/C=C\C/C=C\C/C=C\C/C=C\C/C=C\C/C=C\CCC(=O)OCC(COCCCCCCCCCCCC)OC(=O)CCCCCCC/C=C\CCCCCCCC. The highest BCUT2D eigenvalue weighted by atomic mass is 16.6. The van der Waals surface area contributed by atoms with Crippen molar-refractivity contribution < 1.29 is 23.8 Å². The van der Waals surface area contributed by atoms with Crippen LogP contribution in [0.2, 0.25) is 0 Å². The number of carbonyl (C=O) groups is 2. The molecule has 5 heteroatoms. The Morgan fingerprint density at radius 3 is 1.27 bits per heavy atom. The van der Waals surface area contributed by atoms with Crippen LogP contribution in [0.4, 0.5) is 0 Å². The number of carbonyl (C=O) groups excluding carboxylic acids is 2. The number of ether oxygens (including phenoxy) is 3. The molecular weight excluding hydrogens is 741 g/mol. The van der Waals surface area contributed by atoms with Crippen molar-refractivity contribution in [2.24, 2.45) is 0 Å². The average Bonchev–Trinajstić information content (AvgIpc) is 3.25. The second-order valence-electron chi connectivity index (χ2n) is 16.3. The third-order valence-electron chi connectivity index (χ3n) is 10.4. The Morgan fingerprint density at radius 2 is 0.783 bits per heavy atom. The maximum atomic E-state index is 12.8. The van der Waals surface area contributed by atoms with Gasteiger partial charge in [-0.2, -0.15) is 0 Å². The van der Waals surface area contributed by atoms with Gasteiger partial charge in [0.25, 0.3) is 0 Å². The van der Waals surface area contributed by atoms with E-state index in [9.17, 15) is 9.59 Å². The van der Waals surface area contributed by atoms with Gasteiger partial charge in [0.05, 0.1) is 6.61 Å². The van der Waals surface area contributed by atoms with Crippen LogP contribution in [0.5, 0.6) is 0 Å². The van der Waals surface area contributed by atoms with Crippen molar-refractivity contribution in [2.45, 2.75) is 232 Å². The summed E-state index contributed by atoms with van der Waals surface area (Å²) in [5, 5.41) is 0. The Labute approximate surface area is 371 Å². The van der Waals surface area contributed by atoms with Gasteiger partial charge >= 0.3 is 11.9 Å². The third-order valence-corrected chi connectivity index (χ3v) is 10.4. The Bertz CT molecular complexity index is 1130.